The van der Waals surface area contributed by atoms with Crippen LogP contribution >= 0.6 is 27.3 Å². The Kier molecular flexibility index (Phi) is 4.37. The minimum absolute atomic E-state index is 0.222. The van der Waals surface area contributed by atoms with Gasteiger partial charge in [0, 0.05) is 20.8 Å². The average molecular weight is 330 g/mol. The van der Waals surface area contributed by atoms with Gasteiger partial charge in [0.25, 0.3) is 0 Å². The van der Waals surface area contributed by atoms with Gasteiger partial charge in [-0.25, -0.2) is 4.39 Å². The molecule has 1 aromatic carbocycles. The lowest BCUT2D eigenvalue weighted by Crippen LogP contribution is -2.17. The Morgan fingerprint density at radius 2 is 2.17 bits per heavy atom. The van der Waals surface area contributed by atoms with Crippen LogP contribution in [-0.4, -0.2) is 6.54 Å². The van der Waals surface area contributed by atoms with Crippen LogP contribution in [0, 0.1) is 12.7 Å². The van der Waals surface area contributed by atoms with E-state index in [1.807, 2.05) is 19.1 Å². The normalized spacial score (nSPS) is 12.4. The third-order valence-corrected chi connectivity index (χ3v) is 4.04. The first-order valence-corrected chi connectivity index (χ1v) is 7.09. The van der Waals surface area contributed by atoms with Crippen LogP contribution in [0.3, 0.4) is 0 Å². The number of hydrogen-bond donors (Lipinski definition) is 1. The van der Waals surface area contributed by atoms with E-state index in [1.54, 1.807) is 23.5 Å². The molecule has 2 N–H and O–H groups in total. The molecule has 0 aliphatic rings. The summed E-state index contributed by atoms with van der Waals surface area (Å²) in [7, 11) is 0. The number of hydrogen-bond acceptors (Lipinski definition) is 3. The zero-order chi connectivity index (χ0) is 13.1. The fraction of sp³-hybridized carbons (Fsp3) is 0.231. The van der Waals surface area contributed by atoms with E-state index in [2.05, 4.69) is 15.9 Å². The molecule has 18 heavy (non-hydrogen) atoms. The van der Waals surface area contributed by atoms with Gasteiger partial charge in [-0.05, 0) is 37.3 Å². The fourth-order valence-electron chi connectivity index (χ4n) is 1.57. The summed E-state index contributed by atoms with van der Waals surface area (Å²) in [4.78, 5) is 2.20. The number of thiophene rings is 1. The van der Waals surface area contributed by atoms with Gasteiger partial charge in [-0.15, -0.1) is 11.3 Å². The van der Waals surface area contributed by atoms with Crippen molar-refractivity contribution in [2.45, 2.75) is 13.0 Å². The molecular formula is C13H13BrFNOS. The standard InChI is InChI=1S/C13H13BrFNOS/c1-8-2-5-13(18-8)12(7-16)17-11-4-3-9(14)6-10(11)15/h2-6,12H,7,16H2,1H3. The second-order valence-corrected chi connectivity index (χ2v) is 6.10. The van der Waals surface area contributed by atoms with E-state index in [-0.39, 0.29) is 11.9 Å². The van der Waals surface area contributed by atoms with Gasteiger partial charge < -0.3 is 10.5 Å². The first-order chi connectivity index (χ1) is 8.60. The topological polar surface area (TPSA) is 35.2 Å². The van der Waals surface area contributed by atoms with Crippen LogP contribution in [0.4, 0.5) is 4.39 Å². The summed E-state index contributed by atoms with van der Waals surface area (Å²) in [6.45, 7) is 2.33. The van der Waals surface area contributed by atoms with Gasteiger partial charge >= 0.3 is 0 Å². The number of ether oxygens (including phenoxy) is 1. The highest BCUT2D eigenvalue weighted by Crippen LogP contribution is 2.29. The summed E-state index contributed by atoms with van der Waals surface area (Å²) in [6, 6.07) is 8.69. The Balaban J connectivity index is 2.20. The van der Waals surface area contributed by atoms with Gasteiger partial charge in [-0.2, -0.15) is 0 Å². The SMILES string of the molecule is Cc1ccc(C(CN)Oc2ccc(Br)cc2F)s1. The zero-order valence-electron chi connectivity index (χ0n) is 9.82. The van der Waals surface area contributed by atoms with Crippen molar-refractivity contribution in [3.8, 4) is 5.75 Å². The van der Waals surface area contributed by atoms with Crippen molar-refractivity contribution in [1.82, 2.24) is 0 Å². The summed E-state index contributed by atoms with van der Waals surface area (Å²) in [5.74, 6) is -0.171. The van der Waals surface area contributed by atoms with Gasteiger partial charge in [0.05, 0.1) is 0 Å². The lowest BCUT2D eigenvalue weighted by molar-refractivity contribution is 0.208. The average Bonchev–Trinajstić information content (AvgIpc) is 2.75. The quantitative estimate of drug-likeness (QED) is 0.918. The third kappa shape index (κ3) is 3.10. The Morgan fingerprint density at radius 1 is 1.39 bits per heavy atom. The maximum absolute atomic E-state index is 13.7. The molecule has 2 aromatic rings. The van der Waals surface area contributed by atoms with Crippen LogP contribution in [0.15, 0.2) is 34.8 Å². The molecule has 0 radical (unpaired) electrons. The molecule has 0 amide bonds. The van der Waals surface area contributed by atoms with Gasteiger partial charge in [0.1, 0.15) is 6.10 Å². The van der Waals surface area contributed by atoms with Crippen molar-refractivity contribution in [3.05, 3.63) is 50.4 Å². The molecule has 2 nitrogen and oxygen atoms in total. The predicted molar refractivity (Wildman–Crippen MR) is 75.6 cm³/mol. The Bertz CT molecular complexity index is 544. The highest BCUT2D eigenvalue weighted by atomic mass is 79.9. The van der Waals surface area contributed by atoms with Gasteiger partial charge in [-0.3, -0.25) is 0 Å². The molecule has 1 unspecified atom stereocenters. The number of aryl methyl sites for hydroxylation is 1. The summed E-state index contributed by atoms with van der Waals surface area (Å²) in [6.07, 6.45) is -0.306. The van der Waals surface area contributed by atoms with Crippen molar-refractivity contribution in [2.24, 2.45) is 5.73 Å². The van der Waals surface area contributed by atoms with Crippen LogP contribution in [0.1, 0.15) is 15.9 Å². The molecule has 0 aliphatic heterocycles. The zero-order valence-corrected chi connectivity index (χ0v) is 12.2. The third-order valence-electron chi connectivity index (χ3n) is 2.46. The smallest absolute Gasteiger partial charge is 0.166 e. The van der Waals surface area contributed by atoms with Crippen LogP contribution in [0.2, 0.25) is 0 Å². The molecule has 0 spiro atoms. The summed E-state index contributed by atoms with van der Waals surface area (Å²) < 4.78 is 20.0. The molecule has 2 rings (SSSR count). The largest absolute Gasteiger partial charge is 0.480 e. The maximum atomic E-state index is 13.7. The molecule has 96 valence electrons. The highest BCUT2D eigenvalue weighted by molar-refractivity contribution is 9.10. The molecule has 0 saturated carbocycles. The lowest BCUT2D eigenvalue weighted by atomic mass is 10.2. The molecule has 1 atom stereocenters. The number of nitrogens with two attached hydrogens (primary N) is 1. The first-order valence-electron chi connectivity index (χ1n) is 5.48. The molecule has 5 heteroatoms. The molecule has 1 heterocycles. The van der Waals surface area contributed by atoms with Crippen molar-refractivity contribution < 1.29 is 9.13 Å². The van der Waals surface area contributed by atoms with E-state index in [9.17, 15) is 4.39 Å². The number of benzene rings is 1. The molecule has 0 aliphatic carbocycles. The van der Waals surface area contributed by atoms with Crippen molar-refractivity contribution in [1.29, 1.82) is 0 Å². The Labute approximate surface area is 118 Å². The van der Waals surface area contributed by atoms with Crippen molar-refractivity contribution in [2.75, 3.05) is 6.54 Å². The summed E-state index contributed by atoms with van der Waals surface area (Å²) in [5.41, 5.74) is 5.69. The molecule has 0 bridgehead atoms. The minimum Gasteiger partial charge on any atom is -0.480 e. The van der Waals surface area contributed by atoms with Crippen LogP contribution in [0.5, 0.6) is 5.75 Å². The van der Waals surface area contributed by atoms with E-state index < -0.39 is 5.82 Å². The highest BCUT2D eigenvalue weighted by Gasteiger charge is 2.15. The van der Waals surface area contributed by atoms with E-state index in [0.717, 1.165) is 4.88 Å². The van der Waals surface area contributed by atoms with E-state index >= 15 is 0 Å². The summed E-state index contributed by atoms with van der Waals surface area (Å²) in [5, 5.41) is 0. The Hall–Kier alpha value is -0.910. The van der Waals surface area contributed by atoms with Gasteiger partial charge in [0.2, 0.25) is 0 Å². The lowest BCUT2D eigenvalue weighted by Gasteiger charge is -2.16. The molecule has 1 aromatic heterocycles. The monoisotopic (exact) mass is 329 g/mol. The Morgan fingerprint density at radius 3 is 2.72 bits per heavy atom. The van der Waals surface area contributed by atoms with Crippen molar-refractivity contribution >= 4 is 27.3 Å². The van der Waals surface area contributed by atoms with Gasteiger partial charge in [-0.1, -0.05) is 15.9 Å². The van der Waals surface area contributed by atoms with Crippen LogP contribution < -0.4 is 10.5 Å². The van der Waals surface area contributed by atoms with E-state index in [4.69, 9.17) is 10.5 Å². The second-order valence-electron chi connectivity index (χ2n) is 3.87. The van der Waals surface area contributed by atoms with E-state index in [0.29, 0.717) is 11.0 Å². The minimum atomic E-state index is -0.392. The van der Waals surface area contributed by atoms with Gasteiger partial charge in [0.15, 0.2) is 11.6 Å². The molecular weight excluding hydrogens is 317 g/mol. The first kappa shape index (κ1) is 13.5. The predicted octanol–water partition coefficient (Wildman–Crippen LogP) is 4.04. The molecule has 0 saturated heterocycles. The van der Waals surface area contributed by atoms with Crippen LogP contribution in [0.25, 0.3) is 0 Å². The van der Waals surface area contributed by atoms with Crippen molar-refractivity contribution in [3.63, 3.8) is 0 Å². The number of halogens is 2. The van der Waals surface area contributed by atoms with Crippen LogP contribution in [-0.2, 0) is 0 Å². The maximum Gasteiger partial charge on any atom is 0.166 e. The number of rotatable bonds is 4. The fourth-order valence-corrected chi connectivity index (χ4v) is 2.83. The molecule has 0 fully saturated rings. The summed E-state index contributed by atoms with van der Waals surface area (Å²) >= 11 is 4.82. The van der Waals surface area contributed by atoms with E-state index in [1.165, 1.54) is 10.9 Å². The second kappa shape index (κ2) is 5.82.